The van der Waals surface area contributed by atoms with Gasteiger partial charge < -0.3 is 20.2 Å². The summed E-state index contributed by atoms with van der Waals surface area (Å²) in [6.07, 6.45) is 9.38. The SMILES string of the molecule is CCNC(=NCC1(O)CCCCC1)N1CCC(CN2CCCC2)C1.I. The molecule has 1 aliphatic carbocycles. The summed E-state index contributed by atoms with van der Waals surface area (Å²) in [5.74, 6) is 1.78. The number of nitrogens with zero attached hydrogens (tertiary/aromatic N) is 3. The lowest BCUT2D eigenvalue weighted by Crippen LogP contribution is -2.43. The molecule has 5 nitrogen and oxygen atoms in total. The Bertz CT molecular complexity index is 420. The van der Waals surface area contributed by atoms with Crippen molar-refractivity contribution in [1.29, 1.82) is 0 Å². The van der Waals surface area contributed by atoms with Crippen molar-refractivity contribution in [1.82, 2.24) is 15.1 Å². The Balaban J connectivity index is 0.00000225. The monoisotopic (exact) mass is 464 g/mol. The lowest BCUT2D eigenvalue weighted by molar-refractivity contribution is 0.0130. The molecule has 25 heavy (non-hydrogen) atoms. The molecule has 0 aromatic rings. The van der Waals surface area contributed by atoms with E-state index in [0.29, 0.717) is 6.54 Å². The molecule has 3 rings (SSSR count). The zero-order valence-corrected chi connectivity index (χ0v) is 18.2. The van der Waals surface area contributed by atoms with Gasteiger partial charge in [-0.05, 0) is 58.0 Å². The molecule has 0 bridgehead atoms. The van der Waals surface area contributed by atoms with E-state index in [1.54, 1.807) is 0 Å². The highest BCUT2D eigenvalue weighted by Crippen LogP contribution is 2.28. The molecule has 3 fully saturated rings. The van der Waals surface area contributed by atoms with Crippen LogP contribution >= 0.6 is 24.0 Å². The third kappa shape index (κ3) is 6.24. The van der Waals surface area contributed by atoms with Gasteiger partial charge in [0.15, 0.2) is 5.96 Å². The van der Waals surface area contributed by atoms with Crippen molar-refractivity contribution >= 4 is 29.9 Å². The van der Waals surface area contributed by atoms with Crippen molar-refractivity contribution in [2.75, 3.05) is 45.8 Å². The molecule has 146 valence electrons. The second kappa shape index (κ2) is 10.3. The van der Waals surface area contributed by atoms with Crippen molar-refractivity contribution in [2.24, 2.45) is 10.9 Å². The van der Waals surface area contributed by atoms with Gasteiger partial charge in [0.25, 0.3) is 0 Å². The third-order valence-corrected chi connectivity index (χ3v) is 5.94. The topological polar surface area (TPSA) is 51.1 Å². The minimum absolute atomic E-state index is 0. The second-order valence-electron chi connectivity index (χ2n) is 8.06. The van der Waals surface area contributed by atoms with E-state index in [4.69, 9.17) is 4.99 Å². The van der Waals surface area contributed by atoms with E-state index in [9.17, 15) is 5.11 Å². The molecule has 0 aromatic carbocycles. The third-order valence-electron chi connectivity index (χ3n) is 5.94. The minimum Gasteiger partial charge on any atom is -0.388 e. The van der Waals surface area contributed by atoms with Crippen LogP contribution in [0.2, 0.25) is 0 Å². The zero-order chi connectivity index (χ0) is 16.8. The first-order chi connectivity index (χ1) is 11.7. The normalized spacial score (nSPS) is 27.4. The van der Waals surface area contributed by atoms with Gasteiger partial charge in [-0.2, -0.15) is 0 Å². The molecule has 1 saturated carbocycles. The van der Waals surface area contributed by atoms with Gasteiger partial charge >= 0.3 is 0 Å². The first kappa shape index (κ1) is 21.2. The molecular formula is C19H37IN4O. The Morgan fingerprint density at radius 2 is 1.84 bits per heavy atom. The number of rotatable bonds is 5. The lowest BCUT2D eigenvalue weighted by Gasteiger charge is -2.31. The van der Waals surface area contributed by atoms with E-state index in [1.165, 1.54) is 45.3 Å². The first-order valence-electron chi connectivity index (χ1n) is 10.2. The molecular weight excluding hydrogens is 427 g/mol. The standard InChI is InChI=1S/C19H36N4O.HI/c1-2-20-18(21-16-19(24)9-4-3-5-10-19)23-13-8-17(15-23)14-22-11-6-7-12-22;/h17,24H,2-16H2,1H3,(H,20,21);1H. The molecule has 3 aliphatic rings. The lowest BCUT2D eigenvalue weighted by atomic mass is 9.85. The van der Waals surface area contributed by atoms with Crippen molar-refractivity contribution in [3.63, 3.8) is 0 Å². The fourth-order valence-electron chi connectivity index (χ4n) is 4.52. The van der Waals surface area contributed by atoms with Crippen molar-refractivity contribution in [3.05, 3.63) is 0 Å². The Morgan fingerprint density at radius 1 is 1.12 bits per heavy atom. The second-order valence-corrected chi connectivity index (χ2v) is 8.06. The van der Waals surface area contributed by atoms with E-state index in [0.717, 1.165) is 57.2 Å². The maximum atomic E-state index is 10.7. The molecule has 0 spiro atoms. The van der Waals surface area contributed by atoms with Gasteiger partial charge in [0, 0.05) is 26.2 Å². The van der Waals surface area contributed by atoms with Crippen LogP contribution in [-0.4, -0.2) is 72.3 Å². The molecule has 0 radical (unpaired) electrons. The van der Waals surface area contributed by atoms with Crippen LogP contribution in [0.5, 0.6) is 0 Å². The van der Waals surface area contributed by atoms with Crippen LogP contribution in [0.15, 0.2) is 4.99 Å². The summed E-state index contributed by atoms with van der Waals surface area (Å²) in [7, 11) is 0. The Morgan fingerprint density at radius 3 is 2.52 bits per heavy atom. The summed E-state index contributed by atoms with van der Waals surface area (Å²) in [5.41, 5.74) is -0.562. The number of hydrogen-bond donors (Lipinski definition) is 2. The highest BCUT2D eigenvalue weighted by molar-refractivity contribution is 14.0. The van der Waals surface area contributed by atoms with E-state index in [-0.39, 0.29) is 24.0 Å². The van der Waals surface area contributed by atoms with E-state index in [2.05, 4.69) is 22.0 Å². The van der Waals surface area contributed by atoms with Crippen molar-refractivity contribution in [3.8, 4) is 0 Å². The van der Waals surface area contributed by atoms with E-state index >= 15 is 0 Å². The van der Waals surface area contributed by atoms with Crippen molar-refractivity contribution in [2.45, 2.75) is 63.9 Å². The number of nitrogens with one attached hydrogen (secondary N) is 1. The fourth-order valence-corrected chi connectivity index (χ4v) is 4.52. The van der Waals surface area contributed by atoms with Crippen LogP contribution in [-0.2, 0) is 0 Å². The Labute approximate surface area is 170 Å². The van der Waals surface area contributed by atoms with Crippen LogP contribution in [0, 0.1) is 5.92 Å². The summed E-state index contributed by atoms with van der Waals surface area (Å²) in [5, 5.41) is 14.2. The van der Waals surface area contributed by atoms with Crippen LogP contribution in [0.4, 0.5) is 0 Å². The van der Waals surface area contributed by atoms with Crippen LogP contribution in [0.1, 0.15) is 58.3 Å². The van der Waals surface area contributed by atoms with Crippen LogP contribution in [0.3, 0.4) is 0 Å². The quantitative estimate of drug-likeness (QED) is 0.373. The van der Waals surface area contributed by atoms with Gasteiger partial charge in [-0.15, -0.1) is 24.0 Å². The first-order valence-corrected chi connectivity index (χ1v) is 10.2. The molecule has 2 saturated heterocycles. The Hall–Kier alpha value is -0.0800. The van der Waals surface area contributed by atoms with Gasteiger partial charge in [0.2, 0.25) is 0 Å². The van der Waals surface area contributed by atoms with Gasteiger partial charge in [-0.3, -0.25) is 4.99 Å². The van der Waals surface area contributed by atoms with Gasteiger partial charge in [-0.25, -0.2) is 0 Å². The maximum absolute atomic E-state index is 10.7. The summed E-state index contributed by atoms with van der Waals surface area (Å²) >= 11 is 0. The zero-order valence-electron chi connectivity index (χ0n) is 15.9. The average molecular weight is 464 g/mol. The number of aliphatic imine (C=N–C) groups is 1. The predicted molar refractivity (Wildman–Crippen MR) is 115 cm³/mol. The average Bonchev–Trinajstić information content (AvgIpc) is 3.25. The number of halogens is 1. The molecule has 0 amide bonds. The number of likely N-dealkylation sites (tertiary alicyclic amines) is 2. The summed E-state index contributed by atoms with van der Waals surface area (Å²) < 4.78 is 0. The summed E-state index contributed by atoms with van der Waals surface area (Å²) in [6, 6.07) is 0. The van der Waals surface area contributed by atoms with Crippen molar-refractivity contribution < 1.29 is 5.11 Å². The van der Waals surface area contributed by atoms with E-state index in [1.807, 2.05) is 0 Å². The molecule has 1 unspecified atom stereocenters. The molecule has 2 heterocycles. The van der Waals surface area contributed by atoms with Gasteiger partial charge in [0.1, 0.15) is 0 Å². The van der Waals surface area contributed by atoms with Crippen LogP contribution in [0.25, 0.3) is 0 Å². The van der Waals surface area contributed by atoms with E-state index < -0.39 is 5.60 Å². The summed E-state index contributed by atoms with van der Waals surface area (Å²) in [6.45, 7) is 9.62. The molecule has 6 heteroatoms. The molecule has 1 atom stereocenters. The van der Waals surface area contributed by atoms with Gasteiger partial charge in [-0.1, -0.05) is 19.3 Å². The Kier molecular flexibility index (Phi) is 8.75. The summed E-state index contributed by atoms with van der Waals surface area (Å²) in [4.78, 5) is 9.87. The fraction of sp³-hybridized carbons (Fsp3) is 0.947. The minimum atomic E-state index is -0.562. The largest absolute Gasteiger partial charge is 0.388 e. The molecule has 2 aliphatic heterocycles. The smallest absolute Gasteiger partial charge is 0.194 e. The van der Waals surface area contributed by atoms with Crippen LogP contribution < -0.4 is 5.32 Å². The van der Waals surface area contributed by atoms with Gasteiger partial charge in [0.05, 0.1) is 12.1 Å². The molecule has 2 N–H and O–H groups in total. The maximum Gasteiger partial charge on any atom is 0.194 e. The highest BCUT2D eigenvalue weighted by Gasteiger charge is 2.31. The predicted octanol–water partition coefficient (Wildman–Crippen LogP) is 2.68. The number of hydrogen-bond acceptors (Lipinski definition) is 3. The number of guanidine groups is 1. The highest BCUT2D eigenvalue weighted by atomic mass is 127. The molecule has 0 aromatic heterocycles. The number of aliphatic hydroxyl groups is 1.